The van der Waals surface area contributed by atoms with Crippen molar-refractivity contribution < 1.29 is 22.7 Å². The zero-order valence-electron chi connectivity index (χ0n) is 14.3. The second kappa shape index (κ2) is 8.55. The van der Waals surface area contributed by atoms with Gasteiger partial charge in [-0.15, -0.1) is 11.3 Å². The number of nitrogens with one attached hydrogen (secondary N) is 1. The number of carbonyl (C=O) groups is 2. The lowest BCUT2D eigenvalue weighted by atomic mass is 10.1. The molecule has 3 rings (SSSR count). The molecule has 6 nitrogen and oxygen atoms in total. The number of thiophene rings is 1. The van der Waals surface area contributed by atoms with Gasteiger partial charge < -0.3 is 4.74 Å². The predicted octanol–water partition coefficient (Wildman–Crippen LogP) is 4.24. The molecule has 0 amide bonds. The Labute approximate surface area is 170 Å². The fraction of sp³-hybridized carbons (Fsp3) is 0.0526. The van der Waals surface area contributed by atoms with Gasteiger partial charge in [0.25, 0.3) is 10.0 Å². The van der Waals surface area contributed by atoms with Crippen molar-refractivity contribution in [2.75, 3.05) is 11.3 Å². The van der Waals surface area contributed by atoms with Gasteiger partial charge in [-0.05, 0) is 47.8 Å². The average Bonchev–Trinajstić information content (AvgIpc) is 3.22. The van der Waals surface area contributed by atoms with Crippen LogP contribution in [0, 0.1) is 0 Å². The highest BCUT2D eigenvalue weighted by atomic mass is 35.5. The number of esters is 1. The van der Waals surface area contributed by atoms with Gasteiger partial charge in [-0.2, -0.15) is 0 Å². The molecule has 1 N–H and O–H groups in total. The quantitative estimate of drug-likeness (QED) is 0.442. The minimum atomic E-state index is -3.82. The summed E-state index contributed by atoms with van der Waals surface area (Å²) in [5, 5.41) is 2.12. The maximum absolute atomic E-state index is 12.4. The summed E-state index contributed by atoms with van der Waals surface area (Å²) in [6, 6.07) is 15.3. The van der Waals surface area contributed by atoms with E-state index in [9.17, 15) is 18.0 Å². The van der Waals surface area contributed by atoms with E-state index in [1.54, 1.807) is 35.7 Å². The van der Waals surface area contributed by atoms with Gasteiger partial charge >= 0.3 is 5.97 Å². The highest BCUT2D eigenvalue weighted by Gasteiger charge is 2.20. The van der Waals surface area contributed by atoms with Gasteiger partial charge in [-0.3, -0.25) is 9.52 Å². The van der Waals surface area contributed by atoms with Crippen LogP contribution in [-0.4, -0.2) is 26.8 Å². The lowest BCUT2D eigenvalue weighted by Crippen LogP contribution is -2.18. The van der Waals surface area contributed by atoms with E-state index in [1.165, 1.54) is 30.3 Å². The molecule has 9 heteroatoms. The number of benzene rings is 2. The first-order valence-corrected chi connectivity index (χ1v) is 10.7. The van der Waals surface area contributed by atoms with Crippen LogP contribution < -0.4 is 4.72 Å². The van der Waals surface area contributed by atoms with Crippen molar-refractivity contribution >= 4 is 50.4 Å². The number of rotatable bonds is 7. The van der Waals surface area contributed by atoms with Crippen LogP contribution in [0.5, 0.6) is 0 Å². The summed E-state index contributed by atoms with van der Waals surface area (Å²) in [7, 11) is -3.82. The summed E-state index contributed by atoms with van der Waals surface area (Å²) in [6.07, 6.45) is 0. The summed E-state index contributed by atoms with van der Waals surface area (Å²) >= 11 is 6.83. The molecular weight excluding hydrogens is 422 g/mol. The average molecular weight is 436 g/mol. The minimum absolute atomic E-state index is 0.00605. The molecule has 0 aliphatic heterocycles. The van der Waals surface area contributed by atoms with Crippen molar-refractivity contribution in [2.24, 2.45) is 0 Å². The van der Waals surface area contributed by atoms with Crippen molar-refractivity contribution in [3.8, 4) is 0 Å². The Morgan fingerprint density at radius 2 is 1.71 bits per heavy atom. The molecule has 0 unspecified atom stereocenters. The number of anilines is 1. The van der Waals surface area contributed by atoms with Crippen LogP contribution in [0.15, 0.2) is 70.3 Å². The van der Waals surface area contributed by atoms with Crippen molar-refractivity contribution in [2.45, 2.75) is 4.21 Å². The molecule has 0 spiro atoms. The third-order valence-corrected chi connectivity index (χ3v) is 6.67. The number of hydrogen-bond donors (Lipinski definition) is 1. The van der Waals surface area contributed by atoms with Gasteiger partial charge in [-0.1, -0.05) is 29.8 Å². The Morgan fingerprint density at radius 1 is 1.00 bits per heavy atom. The zero-order valence-corrected chi connectivity index (χ0v) is 16.7. The van der Waals surface area contributed by atoms with Gasteiger partial charge in [0.15, 0.2) is 12.4 Å². The highest BCUT2D eigenvalue weighted by Crippen LogP contribution is 2.23. The van der Waals surface area contributed by atoms with E-state index in [1.807, 2.05) is 0 Å². The summed E-state index contributed by atoms with van der Waals surface area (Å²) in [6.45, 7) is -0.480. The van der Waals surface area contributed by atoms with Crippen LogP contribution in [-0.2, 0) is 14.8 Å². The number of para-hydroxylation sites is 1. The van der Waals surface area contributed by atoms with E-state index < -0.39 is 28.4 Å². The third-order valence-electron chi connectivity index (χ3n) is 3.65. The van der Waals surface area contributed by atoms with E-state index in [0.717, 1.165) is 11.3 Å². The van der Waals surface area contributed by atoms with Crippen LogP contribution in [0.25, 0.3) is 0 Å². The Kier molecular flexibility index (Phi) is 6.13. The van der Waals surface area contributed by atoms with E-state index >= 15 is 0 Å². The van der Waals surface area contributed by atoms with E-state index in [4.69, 9.17) is 16.3 Å². The maximum atomic E-state index is 12.4. The number of hydrogen-bond acceptors (Lipinski definition) is 6. The number of carbonyl (C=O) groups excluding carboxylic acids is 2. The van der Waals surface area contributed by atoms with Crippen LogP contribution in [0.3, 0.4) is 0 Å². The number of sulfonamides is 1. The SMILES string of the molecule is O=C(COC(=O)c1ccccc1NS(=O)(=O)c1cccs1)c1ccc(Cl)cc1. The Morgan fingerprint density at radius 3 is 2.39 bits per heavy atom. The standard InChI is InChI=1S/C19H14ClNO5S2/c20-14-9-7-13(8-10-14)17(22)12-26-19(23)15-4-1-2-5-16(15)21-28(24,25)18-6-3-11-27-18/h1-11,21H,12H2. The molecular formula is C19H14ClNO5S2. The molecule has 1 aromatic heterocycles. The summed E-state index contributed by atoms with van der Waals surface area (Å²) < 4.78 is 32.4. The van der Waals surface area contributed by atoms with Crippen LogP contribution >= 0.6 is 22.9 Å². The largest absolute Gasteiger partial charge is 0.454 e. The Balaban J connectivity index is 1.72. The predicted molar refractivity (Wildman–Crippen MR) is 108 cm³/mol. The number of Topliss-reactive ketones (excluding diaryl/α,β-unsaturated/α-hetero) is 1. The lowest BCUT2D eigenvalue weighted by Gasteiger charge is -2.11. The topological polar surface area (TPSA) is 89.5 Å². The Hall–Kier alpha value is -2.68. The van der Waals surface area contributed by atoms with Gasteiger partial charge in [0.2, 0.25) is 0 Å². The van der Waals surface area contributed by atoms with Crippen LogP contribution in [0.4, 0.5) is 5.69 Å². The van der Waals surface area contributed by atoms with Crippen molar-refractivity contribution in [3.63, 3.8) is 0 Å². The molecule has 0 bridgehead atoms. The normalized spacial score (nSPS) is 11.0. The van der Waals surface area contributed by atoms with E-state index in [-0.39, 0.29) is 15.5 Å². The zero-order chi connectivity index (χ0) is 20.1. The molecule has 0 radical (unpaired) electrons. The first kappa shape index (κ1) is 20.1. The lowest BCUT2D eigenvalue weighted by molar-refractivity contribution is 0.0476. The second-order valence-corrected chi connectivity index (χ2v) is 8.88. The number of halogens is 1. The van der Waals surface area contributed by atoms with E-state index in [2.05, 4.69) is 4.72 Å². The monoisotopic (exact) mass is 435 g/mol. The van der Waals surface area contributed by atoms with E-state index in [0.29, 0.717) is 10.6 Å². The molecule has 3 aromatic rings. The second-order valence-electron chi connectivity index (χ2n) is 5.59. The third kappa shape index (κ3) is 4.78. The molecule has 28 heavy (non-hydrogen) atoms. The van der Waals surface area contributed by atoms with Gasteiger partial charge in [0.05, 0.1) is 11.3 Å². The summed E-state index contributed by atoms with van der Waals surface area (Å²) in [5.41, 5.74) is 0.426. The van der Waals surface area contributed by atoms with Crippen molar-refractivity contribution in [3.05, 3.63) is 82.2 Å². The molecule has 0 saturated carbocycles. The molecule has 1 heterocycles. The Bertz CT molecular complexity index is 1090. The minimum Gasteiger partial charge on any atom is -0.454 e. The molecule has 2 aromatic carbocycles. The summed E-state index contributed by atoms with van der Waals surface area (Å²) in [5.74, 6) is -1.21. The molecule has 0 aliphatic rings. The maximum Gasteiger partial charge on any atom is 0.340 e. The number of ketones is 1. The molecule has 0 aliphatic carbocycles. The van der Waals surface area contributed by atoms with Crippen LogP contribution in [0.1, 0.15) is 20.7 Å². The van der Waals surface area contributed by atoms with Crippen LogP contribution in [0.2, 0.25) is 5.02 Å². The van der Waals surface area contributed by atoms with Crippen molar-refractivity contribution in [1.82, 2.24) is 0 Å². The van der Waals surface area contributed by atoms with Gasteiger partial charge in [0, 0.05) is 10.6 Å². The fourth-order valence-corrected chi connectivity index (χ4v) is 4.49. The molecule has 0 saturated heterocycles. The molecule has 144 valence electrons. The first-order chi connectivity index (χ1) is 13.4. The fourth-order valence-electron chi connectivity index (χ4n) is 2.29. The van der Waals surface area contributed by atoms with Gasteiger partial charge in [0.1, 0.15) is 4.21 Å². The summed E-state index contributed by atoms with van der Waals surface area (Å²) in [4.78, 5) is 24.5. The van der Waals surface area contributed by atoms with Gasteiger partial charge in [-0.25, -0.2) is 13.2 Å². The highest BCUT2D eigenvalue weighted by molar-refractivity contribution is 7.94. The number of ether oxygens (including phenoxy) is 1. The first-order valence-electron chi connectivity index (χ1n) is 7.98. The molecule has 0 atom stereocenters. The molecule has 0 fully saturated rings. The van der Waals surface area contributed by atoms with Crippen molar-refractivity contribution in [1.29, 1.82) is 0 Å². The smallest absolute Gasteiger partial charge is 0.340 e.